The molecule has 0 saturated heterocycles. The van der Waals surface area contributed by atoms with Crippen molar-refractivity contribution in [2.75, 3.05) is 11.9 Å². The summed E-state index contributed by atoms with van der Waals surface area (Å²) in [4.78, 5) is 2.86. The fourth-order valence-electron chi connectivity index (χ4n) is 1.04. The van der Waals surface area contributed by atoms with Gasteiger partial charge in [-0.05, 0) is 31.2 Å². The minimum atomic E-state index is 0.990. The van der Waals surface area contributed by atoms with E-state index in [2.05, 4.69) is 29.4 Å². The molecule has 2 rings (SSSR count). The van der Waals surface area contributed by atoms with E-state index in [1.165, 1.54) is 5.69 Å². The Morgan fingerprint density at radius 2 is 1.64 bits per heavy atom. The molecular formula is C12H16N2. The topological polar surface area (TPSA) is 27.8 Å². The second-order valence-electron chi connectivity index (χ2n) is 2.78. The average Bonchev–Trinajstić information content (AvgIpc) is 2.78. The number of hydrogen-bond donors (Lipinski definition) is 2. The molecule has 14 heavy (non-hydrogen) atoms. The van der Waals surface area contributed by atoms with E-state index in [1.807, 2.05) is 42.7 Å². The number of nitrogens with one attached hydrogen (secondary N) is 2. The summed E-state index contributed by atoms with van der Waals surface area (Å²) >= 11 is 0. The summed E-state index contributed by atoms with van der Waals surface area (Å²) in [5, 5.41) is 3.21. The van der Waals surface area contributed by atoms with E-state index in [-0.39, 0.29) is 0 Å². The first kappa shape index (κ1) is 10.4. The van der Waals surface area contributed by atoms with Crippen LogP contribution in [0, 0.1) is 0 Å². The fourth-order valence-corrected chi connectivity index (χ4v) is 1.04. The van der Waals surface area contributed by atoms with Gasteiger partial charge in [-0.2, -0.15) is 0 Å². The largest absolute Gasteiger partial charge is 0.385 e. The van der Waals surface area contributed by atoms with Crippen molar-refractivity contribution in [3.05, 3.63) is 54.9 Å². The van der Waals surface area contributed by atoms with Crippen molar-refractivity contribution >= 4 is 5.69 Å². The van der Waals surface area contributed by atoms with E-state index in [0.29, 0.717) is 0 Å². The number of hydrogen-bond acceptors (Lipinski definition) is 1. The summed E-state index contributed by atoms with van der Waals surface area (Å²) in [6.07, 6.45) is 3.75. The molecule has 2 aromatic rings. The predicted molar refractivity (Wildman–Crippen MR) is 61.4 cm³/mol. The molecule has 0 atom stereocenters. The lowest BCUT2D eigenvalue weighted by Gasteiger charge is -1.99. The molecule has 0 aliphatic heterocycles. The second kappa shape index (κ2) is 6.78. The maximum absolute atomic E-state index is 3.21. The summed E-state index contributed by atoms with van der Waals surface area (Å²) in [6, 6.07) is 14.1. The van der Waals surface area contributed by atoms with Crippen LogP contribution in [0.4, 0.5) is 5.69 Å². The highest BCUT2D eigenvalue weighted by Gasteiger charge is 1.81. The number of anilines is 1. The van der Waals surface area contributed by atoms with Gasteiger partial charge in [-0.25, -0.2) is 0 Å². The van der Waals surface area contributed by atoms with Crippen molar-refractivity contribution < 1.29 is 0 Å². The molecule has 1 aromatic carbocycles. The van der Waals surface area contributed by atoms with Crippen LogP contribution in [-0.2, 0) is 0 Å². The zero-order valence-electron chi connectivity index (χ0n) is 8.40. The van der Waals surface area contributed by atoms with Gasteiger partial charge in [-0.3, -0.25) is 0 Å². The third-order valence-corrected chi connectivity index (χ3v) is 1.65. The lowest BCUT2D eigenvalue weighted by Crippen LogP contribution is -1.94. The van der Waals surface area contributed by atoms with Crippen LogP contribution in [0.15, 0.2) is 54.9 Å². The summed E-state index contributed by atoms with van der Waals surface area (Å²) < 4.78 is 0. The van der Waals surface area contributed by atoms with Gasteiger partial charge in [-0.1, -0.05) is 18.2 Å². The zero-order chi connectivity index (χ0) is 10.1. The Kier molecular flexibility index (Phi) is 5.03. The number of para-hydroxylation sites is 1. The maximum Gasteiger partial charge on any atom is 0.0340 e. The molecule has 2 nitrogen and oxygen atoms in total. The van der Waals surface area contributed by atoms with Gasteiger partial charge in [-0.15, -0.1) is 0 Å². The molecule has 2 N–H and O–H groups in total. The van der Waals surface area contributed by atoms with Gasteiger partial charge in [0, 0.05) is 24.6 Å². The molecule has 1 heterocycles. The summed E-state index contributed by atoms with van der Waals surface area (Å²) in [6.45, 7) is 3.08. The number of rotatable bonds is 2. The Labute approximate surface area is 85.0 Å². The molecule has 2 heteroatoms. The Morgan fingerprint density at radius 3 is 2.07 bits per heavy atom. The van der Waals surface area contributed by atoms with Crippen LogP contribution in [0.3, 0.4) is 0 Å². The van der Waals surface area contributed by atoms with Crippen LogP contribution >= 0.6 is 0 Å². The number of benzene rings is 1. The second-order valence-corrected chi connectivity index (χ2v) is 2.78. The van der Waals surface area contributed by atoms with Crippen LogP contribution in [0.25, 0.3) is 0 Å². The van der Waals surface area contributed by atoms with Crippen molar-refractivity contribution in [1.82, 2.24) is 4.98 Å². The summed E-state index contributed by atoms with van der Waals surface area (Å²) in [5.41, 5.74) is 1.19. The Bertz CT molecular complexity index is 283. The molecule has 74 valence electrons. The van der Waals surface area contributed by atoms with Crippen molar-refractivity contribution in [2.24, 2.45) is 0 Å². The van der Waals surface area contributed by atoms with Crippen LogP contribution in [0.2, 0.25) is 0 Å². The third-order valence-electron chi connectivity index (χ3n) is 1.65. The van der Waals surface area contributed by atoms with Gasteiger partial charge in [0.1, 0.15) is 0 Å². The van der Waals surface area contributed by atoms with Gasteiger partial charge < -0.3 is 10.3 Å². The van der Waals surface area contributed by atoms with Crippen LogP contribution in [0.1, 0.15) is 6.92 Å². The normalized spacial score (nSPS) is 8.64. The Morgan fingerprint density at radius 1 is 1.00 bits per heavy atom. The molecule has 1 aromatic heterocycles. The summed E-state index contributed by atoms with van der Waals surface area (Å²) in [7, 11) is 0. The van der Waals surface area contributed by atoms with Crippen LogP contribution in [0.5, 0.6) is 0 Å². The fraction of sp³-hybridized carbons (Fsp3) is 0.167. The first-order valence-electron chi connectivity index (χ1n) is 4.80. The van der Waals surface area contributed by atoms with Crippen molar-refractivity contribution in [2.45, 2.75) is 6.92 Å². The highest BCUT2D eigenvalue weighted by molar-refractivity contribution is 5.41. The first-order valence-corrected chi connectivity index (χ1v) is 4.80. The van der Waals surface area contributed by atoms with E-state index in [9.17, 15) is 0 Å². The minimum absolute atomic E-state index is 0.990. The van der Waals surface area contributed by atoms with Crippen molar-refractivity contribution in [3.63, 3.8) is 0 Å². The highest BCUT2D eigenvalue weighted by Crippen LogP contribution is 2.02. The predicted octanol–water partition coefficient (Wildman–Crippen LogP) is 3.13. The van der Waals surface area contributed by atoms with Crippen molar-refractivity contribution in [1.29, 1.82) is 0 Å². The quantitative estimate of drug-likeness (QED) is 0.744. The monoisotopic (exact) mass is 188 g/mol. The van der Waals surface area contributed by atoms with Gasteiger partial charge >= 0.3 is 0 Å². The van der Waals surface area contributed by atoms with E-state index in [1.54, 1.807) is 0 Å². The Balaban J connectivity index is 0.000000165. The SMILES string of the molecule is CCNc1ccccc1.c1cc[nH]c1. The summed E-state index contributed by atoms with van der Waals surface area (Å²) in [5.74, 6) is 0. The van der Waals surface area contributed by atoms with E-state index in [4.69, 9.17) is 0 Å². The zero-order valence-corrected chi connectivity index (χ0v) is 8.40. The average molecular weight is 188 g/mol. The molecule has 0 aliphatic carbocycles. The first-order chi connectivity index (χ1) is 6.93. The molecule has 0 fully saturated rings. The number of aromatic amines is 1. The molecule has 0 unspecified atom stereocenters. The maximum atomic E-state index is 3.21. The van der Waals surface area contributed by atoms with Crippen molar-refractivity contribution in [3.8, 4) is 0 Å². The molecule has 0 bridgehead atoms. The van der Waals surface area contributed by atoms with Crippen LogP contribution in [-0.4, -0.2) is 11.5 Å². The molecular weight excluding hydrogens is 172 g/mol. The highest BCUT2D eigenvalue weighted by atomic mass is 14.8. The number of aromatic nitrogens is 1. The smallest absolute Gasteiger partial charge is 0.0340 e. The van der Waals surface area contributed by atoms with Crippen LogP contribution < -0.4 is 5.32 Å². The van der Waals surface area contributed by atoms with Gasteiger partial charge in [0.05, 0.1) is 0 Å². The lowest BCUT2D eigenvalue weighted by atomic mass is 10.3. The van der Waals surface area contributed by atoms with E-state index >= 15 is 0 Å². The molecule has 0 amide bonds. The van der Waals surface area contributed by atoms with E-state index in [0.717, 1.165) is 6.54 Å². The molecule has 0 aliphatic rings. The van der Waals surface area contributed by atoms with Gasteiger partial charge in [0.2, 0.25) is 0 Å². The number of H-pyrrole nitrogens is 1. The lowest BCUT2D eigenvalue weighted by molar-refractivity contribution is 1.21. The molecule has 0 saturated carbocycles. The minimum Gasteiger partial charge on any atom is -0.385 e. The van der Waals surface area contributed by atoms with Gasteiger partial charge in [0.25, 0.3) is 0 Å². The molecule has 0 spiro atoms. The Hall–Kier alpha value is -1.70. The van der Waals surface area contributed by atoms with E-state index < -0.39 is 0 Å². The standard InChI is InChI=1S/C8H11N.C4H5N/c1-2-9-8-6-4-3-5-7-8;1-2-4-5-3-1/h3-7,9H,2H2,1H3;1-5H. The molecule has 0 radical (unpaired) electrons. The third kappa shape index (κ3) is 4.36. The van der Waals surface area contributed by atoms with Gasteiger partial charge in [0.15, 0.2) is 0 Å².